The lowest BCUT2D eigenvalue weighted by Gasteiger charge is -2.21. The second kappa shape index (κ2) is 29.5. The number of hydrogen-bond acceptors (Lipinski definition) is 9. The van der Waals surface area contributed by atoms with Gasteiger partial charge in [0.05, 0.1) is 37.0 Å². The predicted molar refractivity (Wildman–Crippen MR) is 278 cm³/mol. The van der Waals surface area contributed by atoms with Crippen LogP contribution in [0.15, 0.2) is 94.9 Å². The molecule has 3 unspecified atom stereocenters. The smallest absolute Gasteiger partial charge is 0.163 e. The van der Waals surface area contributed by atoms with Gasteiger partial charge in [-0.1, -0.05) is 110 Å². The quantitative estimate of drug-likeness (QED) is 0.0365. The summed E-state index contributed by atoms with van der Waals surface area (Å²) < 4.78 is 24.3. The molecule has 0 radical (unpaired) electrons. The second-order valence-electron chi connectivity index (χ2n) is 16.6. The van der Waals surface area contributed by atoms with Gasteiger partial charge in [-0.3, -0.25) is 19.8 Å². The lowest BCUT2D eigenvalue weighted by atomic mass is 9.85. The van der Waals surface area contributed by atoms with Crippen molar-refractivity contribution in [1.82, 2.24) is 4.98 Å². The van der Waals surface area contributed by atoms with Crippen molar-refractivity contribution >= 4 is 35.9 Å². The van der Waals surface area contributed by atoms with Crippen molar-refractivity contribution in [2.75, 3.05) is 14.2 Å². The number of rotatable bonds is 23. The Labute approximate surface area is 402 Å². The first-order chi connectivity index (χ1) is 32.4. The van der Waals surface area contributed by atoms with Crippen LogP contribution in [0.4, 0.5) is 11.4 Å². The number of carbonyl (C=O) groups is 2. The minimum Gasteiger partial charge on any atom is -0.493 e. The molecule has 1 heterocycles. The van der Waals surface area contributed by atoms with Crippen LogP contribution in [0.25, 0.3) is 0 Å². The number of ether oxygens (including phenoxy) is 4. The number of hydrogen-bond donors (Lipinski definition) is 0. The number of aryl methyl sites for hydroxylation is 4. The van der Waals surface area contributed by atoms with Gasteiger partial charge in [-0.05, 0) is 129 Å². The van der Waals surface area contributed by atoms with Crippen LogP contribution in [-0.2, 0) is 43.7 Å². The number of aldehydes is 1. The standard InChI is InChI=1S/C54H67N3O5.C2H4O.C2H6/c1-11-19-40(27-43-22-17-15-20-41(43)13-3)32-55-49-30-53(51(59-9)26-38(49)7)61-34-46-24-36(5)25-47(57-46)35-62-54-31-50(48(39(8)58)29-52(54)60-10)56-33-45(37(6)12-2)28-44-23-18-16-21-42(44)14-4;1-2-3;1-2/h15-18,20-26,29-33,37,40,45H,11-14,19,27-28,34-35H2,1-10H3;2H,1H3;1-2H3. The number of carbonyl (C=O) groups excluding carboxylic acids is 2. The van der Waals surface area contributed by atoms with Gasteiger partial charge in [0.15, 0.2) is 28.8 Å². The molecule has 9 heteroatoms. The third kappa shape index (κ3) is 16.9. The number of benzene rings is 4. The Hall–Kier alpha value is -6.09. The summed E-state index contributed by atoms with van der Waals surface area (Å²) >= 11 is 0. The van der Waals surface area contributed by atoms with E-state index in [-0.39, 0.29) is 24.9 Å². The van der Waals surface area contributed by atoms with Gasteiger partial charge in [-0.15, -0.1) is 0 Å². The van der Waals surface area contributed by atoms with Gasteiger partial charge >= 0.3 is 0 Å². The summed E-state index contributed by atoms with van der Waals surface area (Å²) in [5.41, 5.74) is 10.9. The molecule has 3 atom stereocenters. The average Bonchev–Trinajstić information content (AvgIpc) is 3.34. The predicted octanol–water partition coefficient (Wildman–Crippen LogP) is 14.4. The summed E-state index contributed by atoms with van der Waals surface area (Å²) in [4.78, 5) is 36.6. The molecule has 5 rings (SSSR count). The Morgan fingerprint density at radius 1 is 0.687 bits per heavy atom. The highest BCUT2D eigenvalue weighted by atomic mass is 16.5. The highest BCUT2D eigenvalue weighted by Crippen LogP contribution is 2.38. The van der Waals surface area contributed by atoms with Gasteiger partial charge in [0.1, 0.15) is 19.5 Å². The highest BCUT2D eigenvalue weighted by molar-refractivity contribution is 6.00. The van der Waals surface area contributed by atoms with Crippen LogP contribution < -0.4 is 18.9 Å². The zero-order valence-corrected chi connectivity index (χ0v) is 42.7. The average molecular weight is 912 g/mol. The van der Waals surface area contributed by atoms with Crippen LogP contribution in [0.2, 0.25) is 0 Å². The molecule has 0 bridgehead atoms. The molecular formula is C58H77N3O6. The van der Waals surface area contributed by atoms with Gasteiger partial charge in [0, 0.05) is 36.0 Å². The normalized spacial score (nSPS) is 12.3. The van der Waals surface area contributed by atoms with E-state index in [0.29, 0.717) is 46.1 Å². The third-order valence-corrected chi connectivity index (χ3v) is 11.8. The van der Waals surface area contributed by atoms with Crippen molar-refractivity contribution in [2.24, 2.45) is 27.7 Å². The molecular weight excluding hydrogens is 835 g/mol. The number of aliphatic imine (C=N–C) groups is 2. The lowest BCUT2D eigenvalue weighted by molar-refractivity contribution is -0.106. The Bertz CT molecular complexity index is 2370. The maximum Gasteiger partial charge on any atom is 0.163 e. The summed E-state index contributed by atoms with van der Waals surface area (Å²) in [6, 6.07) is 28.8. The van der Waals surface area contributed by atoms with Crippen LogP contribution in [0.1, 0.15) is 137 Å². The van der Waals surface area contributed by atoms with Crippen LogP contribution in [-0.4, -0.2) is 43.7 Å². The van der Waals surface area contributed by atoms with E-state index in [1.54, 1.807) is 33.3 Å². The zero-order chi connectivity index (χ0) is 49.3. The van der Waals surface area contributed by atoms with E-state index >= 15 is 0 Å². The van der Waals surface area contributed by atoms with Crippen molar-refractivity contribution < 1.29 is 28.5 Å². The molecule has 360 valence electrons. The number of aromatic nitrogens is 1. The van der Waals surface area contributed by atoms with Gasteiger partial charge in [-0.25, -0.2) is 0 Å². The largest absolute Gasteiger partial charge is 0.493 e. The zero-order valence-electron chi connectivity index (χ0n) is 42.7. The van der Waals surface area contributed by atoms with E-state index in [2.05, 4.69) is 89.4 Å². The van der Waals surface area contributed by atoms with E-state index in [1.807, 2.05) is 58.2 Å². The molecule has 0 saturated carbocycles. The molecule has 0 fully saturated rings. The van der Waals surface area contributed by atoms with Gasteiger partial charge in [0.2, 0.25) is 0 Å². The minimum absolute atomic E-state index is 0.0956. The van der Waals surface area contributed by atoms with E-state index in [0.717, 1.165) is 79.4 Å². The van der Waals surface area contributed by atoms with Crippen LogP contribution in [0, 0.1) is 31.6 Å². The molecule has 4 aromatic carbocycles. The van der Waals surface area contributed by atoms with Gasteiger partial charge in [-0.2, -0.15) is 0 Å². The Balaban J connectivity index is 0.00000229. The molecule has 1 aromatic heterocycles. The number of Topliss-reactive ketones (excluding diaryl/α,β-unsaturated/α-hetero) is 1. The molecule has 9 nitrogen and oxygen atoms in total. The van der Waals surface area contributed by atoms with Crippen molar-refractivity contribution in [3.8, 4) is 23.0 Å². The van der Waals surface area contributed by atoms with E-state index in [9.17, 15) is 4.79 Å². The van der Waals surface area contributed by atoms with Crippen molar-refractivity contribution in [3.05, 3.63) is 135 Å². The first kappa shape index (κ1) is 55.2. The molecule has 5 aromatic rings. The highest BCUT2D eigenvalue weighted by Gasteiger charge is 2.19. The first-order valence-electron chi connectivity index (χ1n) is 24.2. The SMILES string of the molecule is CC.CC=O.CCCC(C=Nc1cc(OCc2cc(C)cc(COc3cc(N=CC(Cc4ccccc4CC)C(C)CC)c(C(C)=O)cc3OC)n2)c(OC)cc1C)Cc1ccccc1CC. The van der Waals surface area contributed by atoms with Gasteiger partial charge < -0.3 is 23.7 Å². The Morgan fingerprint density at radius 3 is 1.67 bits per heavy atom. The molecule has 0 aliphatic heterocycles. The number of methoxy groups -OCH3 is 2. The fourth-order valence-corrected chi connectivity index (χ4v) is 7.95. The summed E-state index contributed by atoms with van der Waals surface area (Å²) in [7, 11) is 3.23. The maximum atomic E-state index is 12.9. The monoisotopic (exact) mass is 912 g/mol. The number of ketones is 1. The summed E-state index contributed by atoms with van der Waals surface area (Å²) in [6.45, 7) is 22.6. The number of nitrogens with zero attached hydrogens (tertiary/aromatic N) is 3. The van der Waals surface area contributed by atoms with E-state index in [1.165, 1.54) is 29.2 Å². The fourth-order valence-electron chi connectivity index (χ4n) is 7.95. The summed E-state index contributed by atoms with van der Waals surface area (Å²) in [5.74, 6) is 2.99. The van der Waals surface area contributed by atoms with Crippen LogP contribution in [0.5, 0.6) is 23.0 Å². The van der Waals surface area contributed by atoms with Crippen LogP contribution >= 0.6 is 0 Å². The first-order valence-corrected chi connectivity index (χ1v) is 24.2. The molecule has 0 N–H and O–H groups in total. The molecule has 0 aliphatic rings. The summed E-state index contributed by atoms with van der Waals surface area (Å²) in [5, 5.41) is 0. The van der Waals surface area contributed by atoms with Crippen molar-refractivity contribution in [1.29, 1.82) is 0 Å². The lowest BCUT2D eigenvalue weighted by Crippen LogP contribution is -2.16. The second-order valence-corrected chi connectivity index (χ2v) is 16.6. The van der Waals surface area contributed by atoms with Crippen LogP contribution in [0.3, 0.4) is 0 Å². The minimum atomic E-state index is -0.0956. The summed E-state index contributed by atoms with van der Waals surface area (Å²) in [6.07, 6.45) is 11.9. The maximum absolute atomic E-state index is 12.9. The Morgan fingerprint density at radius 2 is 1.18 bits per heavy atom. The van der Waals surface area contributed by atoms with Gasteiger partial charge in [0.25, 0.3) is 0 Å². The molecule has 0 saturated heterocycles. The Kier molecular flexibility index (Phi) is 24.3. The van der Waals surface area contributed by atoms with Crippen molar-refractivity contribution in [3.63, 3.8) is 0 Å². The molecule has 67 heavy (non-hydrogen) atoms. The third-order valence-electron chi connectivity index (χ3n) is 11.8. The van der Waals surface area contributed by atoms with Crippen molar-refractivity contribution in [2.45, 2.75) is 134 Å². The fraction of sp³-hybridized carbons (Fsp3) is 0.431. The van der Waals surface area contributed by atoms with E-state index in [4.69, 9.17) is 38.7 Å². The molecule has 0 amide bonds. The van der Waals surface area contributed by atoms with E-state index < -0.39 is 0 Å². The topological polar surface area (TPSA) is 109 Å². The molecule has 0 aliphatic carbocycles. The number of pyridine rings is 1. The molecule has 0 spiro atoms.